The second kappa shape index (κ2) is 8.98. The molecule has 37 heavy (non-hydrogen) atoms. The number of hydrogen-bond acceptors (Lipinski definition) is 7. The predicted molar refractivity (Wildman–Crippen MR) is 138 cm³/mol. The molecule has 0 saturated heterocycles. The molecule has 3 aliphatic carbocycles. The van der Waals surface area contributed by atoms with Gasteiger partial charge < -0.3 is 15.7 Å². The zero-order chi connectivity index (χ0) is 25.5. The van der Waals surface area contributed by atoms with Gasteiger partial charge >= 0.3 is 0 Å². The zero-order valence-electron chi connectivity index (χ0n) is 20.3. The van der Waals surface area contributed by atoms with Gasteiger partial charge in [0.05, 0.1) is 45.5 Å². The molecular formula is C28H27N7O2. The van der Waals surface area contributed by atoms with E-state index in [9.17, 15) is 15.2 Å². The Labute approximate surface area is 214 Å². The average molecular weight is 494 g/mol. The van der Waals surface area contributed by atoms with Crippen LogP contribution in [0.2, 0.25) is 0 Å². The van der Waals surface area contributed by atoms with Gasteiger partial charge in [-0.3, -0.25) is 14.8 Å². The van der Waals surface area contributed by atoms with Gasteiger partial charge in [-0.2, -0.15) is 10.4 Å². The van der Waals surface area contributed by atoms with Crippen LogP contribution in [0.3, 0.4) is 0 Å². The summed E-state index contributed by atoms with van der Waals surface area (Å²) < 4.78 is 1.75. The quantitative estimate of drug-likeness (QED) is 0.372. The highest BCUT2D eigenvalue weighted by molar-refractivity contribution is 6.00. The molecule has 1 amide bonds. The van der Waals surface area contributed by atoms with Gasteiger partial charge in [-0.1, -0.05) is 0 Å². The number of carbonyl (C=O) groups excluding carboxylic acids is 1. The number of nitriles is 1. The molecule has 9 heteroatoms. The van der Waals surface area contributed by atoms with Gasteiger partial charge in [0.15, 0.2) is 0 Å². The average Bonchev–Trinajstić information content (AvgIpc) is 3.36. The third-order valence-corrected chi connectivity index (χ3v) is 7.85. The first kappa shape index (κ1) is 23.1. The summed E-state index contributed by atoms with van der Waals surface area (Å²) in [4.78, 5) is 22.0. The number of amides is 1. The first-order valence-corrected chi connectivity index (χ1v) is 12.5. The summed E-state index contributed by atoms with van der Waals surface area (Å²) in [6.07, 6.45) is 11.4. The molecule has 0 aromatic carbocycles. The molecule has 0 radical (unpaired) electrons. The van der Waals surface area contributed by atoms with Crippen LogP contribution in [0, 0.1) is 11.3 Å². The van der Waals surface area contributed by atoms with Gasteiger partial charge in [-0.05, 0) is 80.5 Å². The summed E-state index contributed by atoms with van der Waals surface area (Å²) >= 11 is 0. The molecule has 9 nitrogen and oxygen atoms in total. The van der Waals surface area contributed by atoms with Gasteiger partial charge in [-0.15, -0.1) is 0 Å². The Kier molecular flexibility index (Phi) is 5.61. The highest BCUT2D eigenvalue weighted by Gasteiger charge is 2.48. The molecule has 3 N–H and O–H groups in total. The third-order valence-electron chi connectivity index (χ3n) is 7.85. The number of aliphatic hydroxyl groups is 1. The number of nitrogens with zero attached hydrogens (tertiary/aromatic N) is 5. The normalized spacial score (nSPS) is 22.5. The van der Waals surface area contributed by atoms with E-state index in [0.29, 0.717) is 29.1 Å². The molecule has 0 atom stereocenters. The van der Waals surface area contributed by atoms with Gasteiger partial charge in [-0.25, -0.2) is 4.52 Å². The molecule has 4 aromatic heterocycles. The molecule has 0 unspecified atom stereocenters. The first-order valence-electron chi connectivity index (χ1n) is 12.5. The van der Waals surface area contributed by atoms with Crippen LogP contribution in [0.4, 0.5) is 5.69 Å². The van der Waals surface area contributed by atoms with Crippen molar-refractivity contribution in [2.24, 2.45) is 0 Å². The second-order valence-electron chi connectivity index (χ2n) is 10.2. The first-order chi connectivity index (χ1) is 18.0. The molecule has 3 aliphatic rings. The highest BCUT2D eigenvalue weighted by atomic mass is 16.3. The van der Waals surface area contributed by atoms with Crippen LogP contribution < -0.4 is 10.6 Å². The lowest BCUT2D eigenvalue weighted by molar-refractivity contribution is -0.0580. The van der Waals surface area contributed by atoms with Gasteiger partial charge in [0.1, 0.15) is 6.07 Å². The Morgan fingerprint density at radius 3 is 2.54 bits per heavy atom. The Balaban J connectivity index is 1.35. The van der Waals surface area contributed by atoms with Crippen molar-refractivity contribution >= 4 is 17.1 Å². The molecule has 4 heterocycles. The van der Waals surface area contributed by atoms with E-state index in [-0.39, 0.29) is 11.4 Å². The van der Waals surface area contributed by atoms with Gasteiger partial charge in [0.25, 0.3) is 5.91 Å². The number of pyridine rings is 2. The number of aromatic nitrogens is 4. The number of rotatable bonds is 6. The van der Waals surface area contributed by atoms with Crippen molar-refractivity contribution < 1.29 is 9.90 Å². The van der Waals surface area contributed by atoms with E-state index in [4.69, 9.17) is 0 Å². The van der Waals surface area contributed by atoms with E-state index < -0.39 is 5.60 Å². The fourth-order valence-corrected chi connectivity index (χ4v) is 5.55. The fourth-order valence-electron chi connectivity index (χ4n) is 5.55. The van der Waals surface area contributed by atoms with Gasteiger partial charge in [0, 0.05) is 30.7 Å². The number of carbonyl (C=O) groups is 1. The Bertz CT molecular complexity index is 1500. The van der Waals surface area contributed by atoms with Gasteiger partial charge in [0.2, 0.25) is 0 Å². The summed E-state index contributed by atoms with van der Waals surface area (Å²) in [6, 6.07) is 13.4. The third kappa shape index (κ3) is 4.41. The van der Waals surface area contributed by atoms with Crippen molar-refractivity contribution in [2.75, 3.05) is 5.32 Å². The van der Waals surface area contributed by atoms with Crippen LogP contribution in [0.15, 0.2) is 61.2 Å². The Morgan fingerprint density at radius 2 is 1.81 bits per heavy atom. The predicted octanol–water partition coefficient (Wildman–Crippen LogP) is 3.84. The lowest BCUT2D eigenvalue weighted by Crippen LogP contribution is -2.54. The maximum absolute atomic E-state index is 13.3. The van der Waals surface area contributed by atoms with E-state index in [2.05, 4.69) is 31.8 Å². The molecule has 3 fully saturated rings. The summed E-state index contributed by atoms with van der Waals surface area (Å²) in [5.41, 5.74) is 4.16. The second-order valence-corrected chi connectivity index (χ2v) is 10.2. The van der Waals surface area contributed by atoms with E-state index in [1.807, 2.05) is 30.3 Å². The van der Waals surface area contributed by atoms with E-state index in [1.54, 1.807) is 29.2 Å². The minimum Gasteiger partial charge on any atom is -0.390 e. The standard InChI is InChI=1S/C28H27N7O2/c29-15-20-13-21-1-2-25(35(21)33-17-20)24-14-23(34-27-5-8-28(37,9-6-27)10-7-27)22(18-31-24)26(36)32-16-19-3-11-30-12-4-19/h1-4,11-14,17-18,37H,5-10,16H2,(H,31,34)(H,32,36). The summed E-state index contributed by atoms with van der Waals surface area (Å²) in [7, 11) is 0. The van der Waals surface area contributed by atoms with Crippen molar-refractivity contribution in [1.82, 2.24) is 24.9 Å². The van der Waals surface area contributed by atoms with E-state index in [0.717, 1.165) is 55.3 Å². The maximum atomic E-state index is 13.3. The maximum Gasteiger partial charge on any atom is 0.255 e. The van der Waals surface area contributed by atoms with Crippen LogP contribution in [0.25, 0.3) is 16.9 Å². The molecule has 2 bridgehead atoms. The smallest absolute Gasteiger partial charge is 0.255 e. The molecule has 3 saturated carbocycles. The SMILES string of the molecule is N#Cc1cnn2c(-c3cc(NC45CCC(O)(CC4)CC5)c(C(=O)NCc4ccncc4)cn3)ccc2c1. The molecule has 0 spiro atoms. The lowest BCUT2D eigenvalue weighted by Gasteiger charge is -2.51. The van der Waals surface area contributed by atoms with E-state index in [1.165, 1.54) is 6.20 Å². The zero-order valence-corrected chi connectivity index (χ0v) is 20.3. The van der Waals surface area contributed by atoms with E-state index >= 15 is 0 Å². The minimum absolute atomic E-state index is 0.162. The van der Waals surface area contributed by atoms with Crippen molar-refractivity contribution in [2.45, 2.75) is 56.2 Å². The Hall–Kier alpha value is -4.29. The monoisotopic (exact) mass is 493 g/mol. The van der Waals surface area contributed by atoms with Crippen LogP contribution in [0.1, 0.15) is 60.0 Å². The van der Waals surface area contributed by atoms with Crippen LogP contribution in [-0.4, -0.2) is 41.7 Å². The number of fused-ring (bicyclic) bond motifs is 4. The van der Waals surface area contributed by atoms with Crippen molar-refractivity contribution in [3.63, 3.8) is 0 Å². The molecule has 0 aliphatic heterocycles. The fraction of sp³-hybridized carbons (Fsp3) is 0.321. The summed E-state index contributed by atoms with van der Waals surface area (Å²) in [6.45, 7) is 0.384. The van der Waals surface area contributed by atoms with Crippen LogP contribution >= 0.6 is 0 Å². The highest BCUT2D eigenvalue weighted by Crippen LogP contribution is 2.48. The molecule has 4 aromatic rings. The number of anilines is 1. The van der Waals surface area contributed by atoms with Crippen LogP contribution in [0.5, 0.6) is 0 Å². The number of hydrogen-bond donors (Lipinski definition) is 3. The van der Waals surface area contributed by atoms with Crippen molar-refractivity contribution in [3.8, 4) is 17.5 Å². The summed E-state index contributed by atoms with van der Waals surface area (Å²) in [5.74, 6) is -0.213. The summed E-state index contributed by atoms with van der Waals surface area (Å²) in [5, 5.41) is 31.0. The molecular weight excluding hydrogens is 466 g/mol. The topological polar surface area (TPSA) is 128 Å². The van der Waals surface area contributed by atoms with Crippen LogP contribution in [-0.2, 0) is 6.54 Å². The minimum atomic E-state index is -0.545. The van der Waals surface area contributed by atoms with Crippen molar-refractivity contribution in [3.05, 3.63) is 77.9 Å². The number of nitrogens with one attached hydrogen (secondary N) is 2. The lowest BCUT2D eigenvalue weighted by atomic mass is 9.63. The van der Waals surface area contributed by atoms with Crippen molar-refractivity contribution in [1.29, 1.82) is 5.26 Å². The molecule has 7 rings (SSSR count). The molecule has 186 valence electrons. The largest absolute Gasteiger partial charge is 0.390 e. The Morgan fingerprint density at radius 1 is 1.05 bits per heavy atom.